The second-order valence-electron chi connectivity index (χ2n) is 6.25. The van der Waals surface area contributed by atoms with Crippen molar-refractivity contribution in [3.05, 3.63) is 30.0 Å². The second-order valence-corrected chi connectivity index (χ2v) is 6.25. The summed E-state index contributed by atoms with van der Waals surface area (Å²) in [4.78, 5) is 2.43. The first kappa shape index (κ1) is 14.5. The summed E-state index contributed by atoms with van der Waals surface area (Å²) < 4.78 is 10.8. The van der Waals surface area contributed by atoms with Crippen LogP contribution in [0.2, 0.25) is 0 Å². The minimum atomic E-state index is 0.297. The van der Waals surface area contributed by atoms with Crippen molar-refractivity contribution < 1.29 is 9.47 Å². The molecule has 6 nitrogen and oxygen atoms in total. The molecule has 6 heteroatoms. The van der Waals surface area contributed by atoms with E-state index in [0.717, 1.165) is 35.8 Å². The van der Waals surface area contributed by atoms with Crippen molar-refractivity contribution in [1.29, 1.82) is 0 Å². The van der Waals surface area contributed by atoms with Crippen molar-refractivity contribution in [1.82, 2.24) is 20.4 Å². The largest absolute Gasteiger partial charge is 0.454 e. The van der Waals surface area contributed by atoms with E-state index in [2.05, 4.69) is 27.5 Å². The maximum atomic E-state index is 5.46. The monoisotopic (exact) mass is 314 g/mol. The third kappa shape index (κ3) is 2.92. The second kappa shape index (κ2) is 6.22. The molecule has 0 unspecified atom stereocenters. The molecule has 0 spiro atoms. The third-order valence-electron chi connectivity index (χ3n) is 4.75. The van der Waals surface area contributed by atoms with Gasteiger partial charge in [-0.2, -0.15) is 5.10 Å². The molecule has 0 bridgehead atoms. The number of aromatic amines is 1. The fourth-order valence-corrected chi connectivity index (χ4v) is 3.36. The topological polar surface area (TPSA) is 62.4 Å². The van der Waals surface area contributed by atoms with E-state index in [4.69, 9.17) is 9.47 Å². The number of fused-ring (bicyclic) bond motifs is 1. The number of aromatic nitrogens is 2. The lowest BCUT2D eigenvalue weighted by Crippen LogP contribution is -2.35. The van der Waals surface area contributed by atoms with E-state index in [1.807, 2.05) is 24.4 Å². The van der Waals surface area contributed by atoms with Gasteiger partial charge in [0.15, 0.2) is 11.5 Å². The van der Waals surface area contributed by atoms with Gasteiger partial charge in [-0.25, -0.2) is 0 Å². The Morgan fingerprint density at radius 3 is 3.13 bits per heavy atom. The molecular weight excluding hydrogens is 292 g/mol. The summed E-state index contributed by atoms with van der Waals surface area (Å²) in [5.74, 6) is 1.60. The van der Waals surface area contributed by atoms with Gasteiger partial charge in [0.2, 0.25) is 6.79 Å². The van der Waals surface area contributed by atoms with Crippen LogP contribution in [0.3, 0.4) is 0 Å². The molecule has 0 saturated carbocycles. The van der Waals surface area contributed by atoms with Crippen LogP contribution in [0, 0.1) is 0 Å². The molecule has 2 aromatic rings. The SMILES string of the molecule is CN1CCC[C@H]1CNCc1cn[nH]c1-c1ccc2c(c1)OCO2. The molecule has 1 aromatic carbocycles. The Bertz CT molecular complexity index is 685. The number of ether oxygens (including phenoxy) is 2. The Morgan fingerprint density at radius 1 is 1.35 bits per heavy atom. The van der Waals surface area contributed by atoms with Crippen LogP contribution < -0.4 is 14.8 Å². The van der Waals surface area contributed by atoms with Crippen LogP contribution in [0.25, 0.3) is 11.3 Å². The smallest absolute Gasteiger partial charge is 0.231 e. The Morgan fingerprint density at radius 2 is 2.26 bits per heavy atom. The fourth-order valence-electron chi connectivity index (χ4n) is 3.36. The van der Waals surface area contributed by atoms with Gasteiger partial charge in [-0.3, -0.25) is 5.10 Å². The summed E-state index contributed by atoms with van der Waals surface area (Å²) in [6.45, 7) is 3.33. The Balaban J connectivity index is 1.44. The van der Waals surface area contributed by atoms with Crippen molar-refractivity contribution in [3.8, 4) is 22.8 Å². The van der Waals surface area contributed by atoms with Crippen LogP contribution in [-0.2, 0) is 6.54 Å². The van der Waals surface area contributed by atoms with Crippen LogP contribution >= 0.6 is 0 Å². The van der Waals surface area contributed by atoms with E-state index in [1.54, 1.807) is 0 Å². The number of hydrogen-bond acceptors (Lipinski definition) is 5. The Kier molecular flexibility index (Phi) is 3.93. The lowest BCUT2D eigenvalue weighted by molar-refractivity contribution is 0.174. The molecule has 1 fully saturated rings. The molecule has 1 aromatic heterocycles. The highest BCUT2D eigenvalue weighted by atomic mass is 16.7. The summed E-state index contributed by atoms with van der Waals surface area (Å²) in [5.41, 5.74) is 3.28. The van der Waals surface area contributed by atoms with Crippen molar-refractivity contribution in [3.63, 3.8) is 0 Å². The molecule has 23 heavy (non-hydrogen) atoms. The summed E-state index contributed by atoms with van der Waals surface area (Å²) >= 11 is 0. The van der Waals surface area contributed by atoms with Gasteiger partial charge in [0.1, 0.15) is 0 Å². The van der Waals surface area contributed by atoms with Gasteiger partial charge in [-0.05, 0) is 44.6 Å². The van der Waals surface area contributed by atoms with Crippen LogP contribution in [0.1, 0.15) is 18.4 Å². The molecule has 122 valence electrons. The van der Waals surface area contributed by atoms with E-state index in [0.29, 0.717) is 12.8 Å². The molecule has 0 amide bonds. The van der Waals surface area contributed by atoms with Gasteiger partial charge in [-0.1, -0.05) is 0 Å². The van der Waals surface area contributed by atoms with Crippen LogP contribution in [-0.4, -0.2) is 48.1 Å². The molecule has 3 heterocycles. The first-order chi connectivity index (χ1) is 11.3. The predicted octanol–water partition coefficient (Wildman–Crippen LogP) is 1.99. The number of rotatable bonds is 5. The maximum Gasteiger partial charge on any atom is 0.231 e. The van der Waals surface area contributed by atoms with Gasteiger partial charge in [0, 0.05) is 30.3 Å². The zero-order chi connectivity index (χ0) is 15.6. The van der Waals surface area contributed by atoms with Gasteiger partial charge < -0.3 is 19.7 Å². The molecule has 0 aliphatic carbocycles. The Labute approximate surface area is 135 Å². The summed E-state index contributed by atoms with van der Waals surface area (Å²) in [5, 5.41) is 10.9. The number of likely N-dealkylation sites (N-methyl/N-ethyl adjacent to an activating group) is 1. The lowest BCUT2D eigenvalue weighted by atomic mass is 10.1. The van der Waals surface area contributed by atoms with Crippen molar-refractivity contribution in [2.45, 2.75) is 25.4 Å². The zero-order valence-corrected chi connectivity index (χ0v) is 13.3. The molecule has 4 rings (SSSR count). The summed E-state index contributed by atoms with van der Waals surface area (Å²) in [7, 11) is 2.20. The third-order valence-corrected chi connectivity index (χ3v) is 4.75. The zero-order valence-electron chi connectivity index (χ0n) is 13.3. The van der Waals surface area contributed by atoms with E-state index < -0.39 is 0 Å². The molecule has 0 radical (unpaired) electrons. The predicted molar refractivity (Wildman–Crippen MR) is 87.5 cm³/mol. The highest BCUT2D eigenvalue weighted by Crippen LogP contribution is 2.36. The first-order valence-corrected chi connectivity index (χ1v) is 8.14. The van der Waals surface area contributed by atoms with Gasteiger partial charge in [0.05, 0.1) is 11.9 Å². The van der Waals surface area contributed by atoms with Crippen LogP contribution in [0.5, 0.6) is 11.5 Å². The minimum absolute atomic E-state index is 0.297. The van der Waals surface area contributed by atoms with Gasteiger partial charge in [0.25, 0.3) is 0 Å². The van der Waals surface area contributed by atoms with E-state index in [-0.39, 0.29) is 0 Å². The highest BCUT2D eigenvalue weighted by Gasteiger charge is 2.20. The quantitative estimate of drug-likeness (QED) is 0.884. The lowest BCUT2D eigenvalue weighted by Gasteiger charge is -2.19. The summed E-state index contributed by atoms with van der Waals surface area (Å²) in [6, 6.07) is 6.64. The first-order valence-electron chi connectivity index (χ1n) is 8.14. The van der Waals surface area contributed by atoms with E-state index in [9.17, 15) is 0 Å². The van der Waals surface area contributed by atoms with E-state index >= 15 is 0 Å². The van der Waals surface area contributed by atoms with E-state index in [1.165, 1.54) is 24.9 Å². The van der Waals surface area contributed by atoms with Crippen molar-refractivity contribution in [2.75, 3.05) is 26.9 Å². The number of benzene rings is 1. The highest BCUT2D eigenvalue weighted by molar-refractivity contribution is 5.66. The molecular formula is C17H22N4O2. The molecule has 2 aliphatic rings. The Hall–Kier alpha value is -2.05. The van der Waals surface area contributed by atoms with Gasteiger partial charge >= 0.3 is 0 Å². The number of hydrogen-bond donors (Lipinski definition) is 2. The molecule has 2 N–H and O–H groups in total. The average molecular weight is 314 g/mol. The fraction of sp³-hybridized carbons (Fsp3) is 0.471. The maximum absolute atomic E-state index is 5.46. The van der Waals surface area contributed by atoms with Crippen LogP contribution in [0.15, 0.2) is 24.4 Å². The number of H-pyrrole nitrogens is 1. The van der Waals surface area contributed by atoms with Crippen molar-refractivity contribution >= 4 is 0 Å². The molecule has 2 aliphatic heterocycles. The van der Waals surface area contributed by atoms with Gasteiger partial charge in [-0.15, -0.1) is 0 Å². The van der Waals surface area contributed by atoms with Crippen LogP contribution in [0.4, 0.5) is 0 Å². The van der Waals surface area contributed by atoms with Crippen molar-refractivity contribution in [2.24, 2.45) is 0 Å². The normalized spacial score (nSPS) is 20.3. The molecule has 1 atom stereocenters. The minimum Gasteiger partial charge on any atom is -0.454 e. The molecule has 1 saturated heterocycles. The number of nitrogens with zero attached hydrogens (tertiary/aromatic N) is 2. The number of likely N-dealkylation sites (tertiary alicyclic amines) is 1. The summed E-state index contributed by atoms with van der Waals surface area (Å²) in [6.07, 6.45) is 4.48. The number of nitrogens with one attached hydrogen (secondary N) is 2. The standard InChI is InChI=1S/C17H22N4O2/c1-21-6-2-3-14(21)10-18-8-13-9-19-20-17(13)12-4-5-15-16(7-12)23-11-22-15/h4-5,7,9,14,18H,2-3,6,8,10-11H2,1H3,(H,19,20)/t14-/m0/s1. The average Bonchev–Trinajstić information content (AvgIpc) is 3.28.